The van der Waals surface area contributed by atoms with Gasteiger partial charge in [-0.2, -0.15) is 0 Å². The van der Waals surface area contributed by atoms with Gasteiger partial charge in [0.15, 0.2) is 0 Å². The van der Waals surface area contributed by atoms with E-state index in [1.807, 2.05) is 6.92 Å². The van der Waals surface area contributed by atoms with E-state index in [1.165, 1.54) is 4.88 Å². The first-order valence-corrected chi connectivity index (χ1v) is 11.0. The molecule has 1 aliphatic rings. The maximum Gasteiger partial charge on any atom is 0.341 e. The number of anilines is 1. The number of carbonyl (C=O) groups excluding carboxylic acids is 2. The van der Waals surface area contributed by atoms with Crippen LogP contribution >= 0.6 is 11.3 Å². The van der Waals surface area contributed by atoms with E-state index in [9.17, 15) is 9.59 Å². The summed E-state index contributed by atoms with van der Waals surface area (Å²) in [7, 11) is 0. The molecule has 0 saturated heterocycles. The fourth-order valence-corrected chi connectivity index (χ4v) is 5.05. The van der Waals surface area contributed by atoms with Crippen LogP contribution in [-0.2, 0) is 22.4 Å². The molecule has 146 valence electrons. The fourth-order valence-electron chi connectivity index (χ4n) is 3.70. The van der Waals surface area contributed by atoms with E-state index in [2.05, 4.69) is 26.1 Å². The summed E-state index contributed by atoms with van der Waals surface area (Å²) < 4.78 is 5.30. The van der Waals surface area contributed by atoms with E-state index in [1.54, 1.807) is 11.3 Å². The number of hydrogen-bond acceptors (Lipinski definition) is 4. The van der Waals surface area contributed by atoms with Crippen molar-refractivity contribution in [1.29, 1.82) is 0 Å². The van der Waals surface area contributed by atoms with Gasteiger partial charge in [0.2, 0.25) is 5.91 Å². The first kappa shape index (κ1) is 20.9. The standard InChI is InChI=1S/C21H33NO3S/c1-5-9-10-15(7-3)19(23)22-20-18(21(24)25-8-4)16-12-11-14(6-2)13-17(16)26-20/h14-15H,5-13H2,1-4H3,(H,22,23). The van der Waals surface area contributed by atoms with Crippen LogP contribution in [0.4, 0.5) is 5.00 Å². The van der Waals surface area contributed by atoms with Crippen LogP contribution in [-0.4, -0.2) is 18.5 Å². The molecule has 2 rings (SSSR count). The minimum absolute atomic E-state index is 0.00696. The average Bonchev–Trinajstić information content (AvgIpc) is 2.99. The van der Waals surface area contributed by atoms with Crippen LogP contribution in [0.2, 0.25) is 0 Å². The number of thiophene rings is 1. The number of hydrogen-bond donors (Lipinski definition) is 1. The lowest BCUT2D eigenvalue weighted by molar-refractivity contribution is -0.120. The Balaban J connectivity index is 2.27. The monoisotopic (exact) mass is 379 g/mol. The molecule has 0 fully saturated rings. The van der Waals surface area contributed by atoms with E-state index < -0.39 is 0 Å². The molecule has 26 heavy (non-hydrogen) atoms. The van der Waals surface area contributed by atoms with Crippen LogP contribution in [0.3, 0.4) is 0 Å². The Labute approximate surface area is 161 Å². The third kappa shape index (κ3) is 4.87. The summed E-state index contributed by atoms with van der Waals surface area (Å²) in [4.78, 5) is 26.6. The Kier molecular flexibility index (Phi) is 8.14. The zero-order valence-corrected chi connectivity index (χ0v) is 17.5. The summed E-state index contributed by atoms with van der Waals surface area (Å²) in [5.41, 5.74) is 1.72. The number of esters is 1. The Morgan fingerprint density at radius 2 is 2.04 bits per heavy atom. The molecule has 1 heterocycles. The summed E-state index contributed by atoms with van der Waals surface area (Å²) in [6.45, 7) is 8.58. The van der Waals surface area contributed by atoms with Gasteiger partial charge in [0.25, 0.3) is 0 Å². The fraction of sp³-hybridized carbons (Fsp3) is 0.714. The lowest BCUT2D eigenvalue weighted by atomic mass is 9.85. The first-order valence-electron chi connectivity index (χ1n) is 10.2. The van der Waals surface area contributed by atoms with Crippen molar-refractivity contribution < 1.29 is 14.3 Å². The summed E-state index contributed by atoms with van der Waals surface area (Å²) in [6.07, 6.45) is 8.03. The molecule has 1 aliphatic carbocycles. The summed E-state index contributed by atoms with van der Waals surface area (Å²) >= 11 is 1.58. The molecule has 2 unspecified atom stereocenters. The van der Waals surface area contributed by atoms with Crippen molar-refractivity contribution in [1.82, 2.24) is 0 Å². The third-order valence-electron chi connectivity index (χ3n) is 5.43. The highest BCUT2D eigenvalue weighted by atomic mass is 32.1. The zero-order valence-electron chi connectivity index (χ0n) is 16.7. The van der Waals surface area contributed by atoms with E-state index in [0.717, 1.165) is 56.9 Å². The van der Waals surface area contributed by atoms with E-state index >= 15 is 0 Å². The van der Waals surface area contributed by atoms with Crippen LogP contribution < -0.4 is 5.32 Å². The van der Waals surface area contributed by atoms with Crippen molar-refractivity contribution in [3.63, 3.8) is 0 Å². The molecule has 4 nitrogen and oxygen atoms in total. The average molecular weight is 380 g/mol. The van der Waals surface area contributed by atoms with Crippen LogP contribution in [0.5, 0.6) is 0 Å². The van der Waals surface area contributed by atoms with E-state index in [4.69, 9.17) is 4.74 Å². The predicted molar refractivity (Wildman–Crippen MR) is 108 cm³/mol. The van der Waals surface area contributed by atoms with Gasteiger partial charge in [0.05, 0.1) is 12.2 Å². The van der Waals surface area contributed by atoms with Crippen molar-refractivity contribution in [3.8, 4) is 0 Å². The Hall–Kier alpha value is -1.36. The van der Waals surface area contributed by atoms with Gasteiger partial charge < -0.3 is 10.1 Å². The predicted octanol–water partition coefficient (Wildman–Crippen LogP) is 5.59. The second-order valence-corrected chi connectivity index (χ2v) is 8.29. The third-order valence-corrected chi connectivity index (χ3v) is 6.60. The summed E-state index contributed by atoms with van der Waals surface area (Å²) in [5.74, 6) is 0.425. The number of unbranched alkanes of at least 4 members (excludes halogenated alkanes) is 1. The van der Waals surface area contributed by atoms with Gasteiger partial charge >= 0.3 is 5.97 Å². The van der Waals surface area contributed by atoms with Gasteiger partial charge in [-0.15, -0.1) is 11.3 Å². The Morgan fingerprint density at radius 1 is 1.27 bits per heavy atom. The SMILES string of the molecule is CCCCC(CC)C(=O)Nc1sc2c(c1C(=O)OCC)CCC(CC)C2. The normalized spacial score (nSPS) is 17.5. The van der Waals surface area contributed by atoms with Crippen LogP contribution in [0.15, 0.2) is 0 Å². The smallest absolute Gasteiger partial charge is 0.341 e. The molecule has 0 spiro atoms. The maximum absolute atomic E-state index is 12.8. The summed E-state index contributed by atoms with van der Waals surface area (Å²) in [6, 6.07) is 0. The Morgan fingerprint density at radius 3 is 2.65 bits per heavy atom. The van der Waals surface area contributed by atoms with Gasteiger partial charge in [-0.1, -0.05) is 40.0 Å². The molecule has 0 aromatic carbocycles. The highest BCUT2D eigenvalue weighted by Crippen LogP contribution is 2.41. The topological polar surface area (TPSA) is 55.4 Å². The quantitative estimate of drug-likeness (QED) is 0.569. The van der Waals surface area contributed by atoms with Crippen molar-refractivity contribution >= 4 is 28.2 Å². The molecule has 5 heteroatoms. The Bertz CT molecular complexity index is 623. The van der Waals surface area contributed by atoms with Gasteiger partial charge in [0.1, 0.15) is 5.00 Å². The highest BCUT2D eigenvalue weighted by molar-refractivity contribution is 7.17. The minimum atomic E-state index is -0.295. The van der Waals surface area contributed by atoms with E-state index in [-0.39, 0.29) is 17.8 Å². The second-order valence-electron chi connectivity index (χ2n) is 7.18. The minimum Gasteiger partial charge on any atom is -0.462 e. The maximum atomic E-state index is 12.8. The lowest BCUT2D eigenvalue weighted by Gasteiger charge is -2.21. The molecule has 1 aromatic heterocycles. The molecule has 0 saturated carbocycles. The van der Waals surface area contributed by atoms with Gasteiger partial charge in [-0.3, -0.25) is 4.79 Å². The van der Waals surface area contributed by atoms with Crippen LogP contribution in [0.1, 0.15) is 87.0 Å². The highest BCUT2D eigenvalue weighted by Gasteiger charge is 2.30. The number of nitrogens with one attached hydrogen (secondary N) is 1. The van der Waals surface area contributed by atoms with Gasteiger partial charge in [-0.05, 0) is 50.5 Å². The molecule has 2 atom stereocenters. The van der Waals surface area contributed by atoms with E-state index in [0.29, 0.717) is 23.1 Å². The lowest BCUT2D eigenvalue weighted by Crippen LogP contribution is -2.23. The second kappa shape index (κ2) is 10.1. The number of fused-ring (bicyclic) bond motifs is 1. The molecule has 0 aliphatic heterocycles. The van der Waals surface area contributed by atoms with Gasteiger partial charge in [0, 0.05) is 10.8 Å². The number of carbonyl (C=O) groups is 2. The zero-order chi connectivity index (χ0) is 19.1. The molecular formula is C21H33NO3S. The van der Waals surface area contributed by atoms with Crippen LogP contribution in [0.25, 0.3) is 0 Å². The molecular weight excluding hydrogens is 346 g/mol. The number of amides is 1. The number of rotatable bonds is 9. The van der Waals surface area contributed by atoms with Crippen LogP contribution in [0, 0.1) is 11.8 Å². The molecule has 0 radical (unpaired) electrons. The molecule has 1 amide bonds. The van der Waals surface area contributed by atoms with Crippen molar-refractivity contribution in [2.75, 3.05) is 11.9 Å². The molecule has 1 N–H and O–H groups in total. The van der Waals surface area contributed by atoms with Crippen molar-refractivity contribution in [2.24, 2.45) is 11.8 Å². The van der Waals surface area contributed by atoms with Crippen molar-refractivity contribution in [2.45, 2.75) is 79.1 Å². The number of ether oxygens (including phenoxy) is 1. The summed E-state index contributed by atoms with van der Waals surface area (Å²) in [5, 5.41) is 3.78. The molecule has 0 bridgehead atoms. The molecule has 1 aromatic rings. The largest absolute Gasteiger partial charge is 0.462 e. The van der Waals surface area contributed by atoms with Crippen molar-refractivity contribution in [3.05, 3.63) is 16.0 Å². The van der Waals surface area contributed by atoms with Gasteiger partial charge in [-0.25, -0.2) is 4.79 Å². The first-order chi connectivity index (χ1) is 12.5.